The number of nitrogens with zero attached hydrogens (tertiary/aromatic N) is 4. The van der Waals surface area contributed by atoms with Gasteiger partial charge in [-0.15, -0.1) is 0 Å². The molecule has 2 aromatic carbocycles. The van der Waals surface area contributed by atoms with Crippen LogP contribution < -0.4 is 4.74 Å². The number of para-hydroxylation sites is 1. The van der Waals surface area contributed by atoms with Crippen LogP contribution in [0.25, 0.3) is 22.2 Å². The third kappa shape index (κ3) is 3.87. The fourth-order valence-electron chi connectivity index (χ4n) is 4.31. The van der Waals surface area contributed by atoms with Gasteiger partial charge in [0.15, 0.2) is 0 Å². The molecule has 1 saturated heterocycles. The van der Waals surface area contributed by atoms with Crippen molar-refractivity contribution in [3.8, 4) is 22.8 Å². The molecule has 1 aliphatic rings. The lowest BCUT2D eigenvalue weighted by Gasteiger charge is -2.23. The van der Waals surface area contributed by atoms with Gasteiger partial charge in [-0.1, -0.05) is 24.8 Å². The monoisotopic (exact) mass is 424 g/mol. The van der Waals surface area contributed by atoms with Gasteiger partial charge in [0, 0.05) is 29.9 Å². The van der Waals surface area contributed by atoms with Gasteiger partial charge in [0.25, 0.3) is 0 Å². The number of carbonyl (C=O) groups is 1. The molecule has 1 fully saturated rings. The molecule has 0 bridgehead atoms. The molecule has 0 unspecified atom stereocenters. The number of fused-ring (bicyclic) bond motifs is 1. The van der Waals surface area contributed by atoms with Crippen molar-refractivity contribution in [3.63, 3.8) is 0 Å². The van der Waals surface area contributed by atoms with Crippen molar-refractivity contribution in [1.29, 1.82) is 0 Å². The zero-order valence-electron chi connectivity index (χ0n) is 17.7. The van der Waals surface area contributed by atoms with Gasteiger partial charge >= 0.3 is 0 Å². The summed E-state index contributed by atoms with van der Waals surface area (Å²) in [5.41, 5.74) is 2.88. The first-order valence-electron chi connectivity index (χ1n) is 10.8. The van der Waals surface area contributed by atoms with Crippen molar-refractivity contribution in [2.24, 2.45) is 0 Å². The fraction of sp³-hybridized carbons (Fsp3) is 0.192. The van der Waals surface area contributed by atoms with Crippen LogP contribution in [-0.4, -0.2) is 38.2 Å². The Hall–Kier alpha value is -3.93. The third-order valence-electron chi connectivity index (χ3n) is 5.88. The molecule has 32 heavy (non-hydrogen) atoms. The van der Waals surface area contributed by atoms with E-state index in [4.69, 9.17) is 9.84 Å². The molecule has 3 heterocycles. The lowest BCUT2D eigenvalue weighted by atomic mass is 10.1. The standard InChI is InChI=1S/C26H24N4O2/c1-2-25(31)29-16-6-7-20(29)18-30-24-14-15-27-17-23(24)26(28-30)19-10-12-22(13-11-19)32-21-8-4-3-5-9-21/h2-5,8-15,17,20H,1,6-7,16,18H2/t20-/m0/s1. The van der Waals surface area contributed by atoms with Gasteiger partial charge in [-0.25, -0.2) is 0 Å². The number of hydrogen-bond acceptors (Lipinski definition) is 4. The minimum atomic E-state index is -0.0140. The van der Waals surface area contributed by atoms with Gasteiger partial charge in [-0.05, 0) is 61.4 Å². The van der Waals surface area contributed by atoms with Crippen LogP contribution >= 0.6 is 0 Å². The molecule has 5 rings (SSSR count). The van der Waals surface area contributed by atoms with Crippen LogP contribution in [0.5, 0.6) is 11.5 Å². The van der Waals surface area contributed by atoms with E-state index < -0.39 is 0 Å². The SMILES string of the molecule is C=CC(=O)N1CCC[C@H]1Cn1nc(-c2ccc(Oc3ccccc3)cc2)c2cnccc21. The number of ether oxygens (including phenoxy) is 1. The van der Waals surface area contributed by atoms with Crippen molar-refractivity contribution in [2.45, 2.75) is 25.4 Å². The molecule has 6 heteroatoms. The lowest BCUT2D eigenvalue weighted by molar-refractivity contribution is -0.127. The number of amides is 1. The van der Waals surface area contributed by atoms with Crippen LogP contribution in [0.2, 0.25) is 0 Å². The number of rotatable bonds is 6. The van der Waals surface area contributed by atoms with Gasteiger partial charge in [0.1, 0.15) is 17.2 Å². The number of carbonyl (C=O) groups excluding carboxylic acids is 1. The zero-order valence-corrected chi connectivity index (χ0v) is 17.7. The van der Waals surface area contributed by atoms with E-state index in [1.165, 1.54) is 6.08 Å². The van der Waals surface area contributed by atoms with E-state index in [-0.39, 0.29) is 11.9 Å². The van der Waals surface area contributed by atoms with Crippen molar-refractivity contribution in [3.05, 3.63) is 85.7 Å². The van der Waals surface area contributed by atoms with Crippen LogP contribution in [0.4, 0.5) is 0 Å². The predicted molar refractivity (Wildman–Crippen MR) is 124 cm³/mol. The Bertz CT molecular complexity index is 1250. The maximum Gasteiger partial charge on any atom is 0.246 e. The summed E-state index contributed by atoms with van der Waals surface area (Å²) in [5.74, 6) is 1.56. The Morgan fingerprint density at radius 2 is 1.88 bits per heavy atom. The highest BCUT2D eigenvalue weighted by atomic mass is 16.5. The summed E-state index contributed by atoms with van der Waals surface area (Å²) in [6.45, 7) is 5.06. The average Bonchev–Trinajstić information content (AvgIpc) is 3.45. The number of hydrogen-bond donors (Lipinski definition) is 0. The number of aromatic nitrogens is 3. The van der Waals surface area contributed by atoms with Gasteiger partial charge in [0.2, 0.25) is 5.91 Å². The molecule has 0 radical (unpaired) electrons. The van der Waals surface area contributed by atoms with Gasteiger partial charge < -0.3 is 9.64 Å². The van der Waals surface area contributed by atoms with E-state index in [0.29, 0.717) is 6.54 Å². The third-order valence-corrected chi connectivity index (χ3v) is 5.88. The maximum absolute atomic E-state index is 12.2. The van der Waals surface area contributed by atoms with Crippen LogP contribution in [-0.2, 0) is 11.3 Å². The summed E-state index contributed by atoms with van der Waals surface area (Å²) in [6, 6.07) is 19.7. The Kier molecular flexibility index (Phi) is 5.42. The summed E-state index contributed by atoms with van der Waals surface area (Å²) in [4.78, 5) is 18.4. The molecule has 0 aliphatic carbocycles. The first-order chi connectivity index (χ1) is 15.7. The molecule has 0 spiro atoms. The highest BCUT2D eigenvalue weighted by molar-refractivity contribution is 5.92. The summed E-state index contributed by atoms with van der Waals surface area (Å²) < 4.78 is 7.91. The van der Waals surface area contributed by atoms with Crippen LogP contribution in [0.3, 0.4) is 0 Å². The fourth-order valence-corrected chi connectivity index (χ4v) is 4.31. The number of likely N-dealkylation sites (tertiary alicyclic amines) is 1. The number of benzene rings is 2. The first-order valence-corrected chi connectivity index (χ1v) is 10.8. The quantitative estimate of drug-likeness (QED) is 0.406. The van der Waals surface area contributed by atoms with E-state index >= 15 is 0 Å². The van der Waals surface area contributed by atoms with E-state index in [1.807, 2.05) is 76.4 Å². The van der Waals surface area contributed by atoms with E-state index in [0.717, 1.165) is 53.0 Å². The second-order valence-electron chi connectivity index (χ2n) is 7.89. The van der Waals surface area contributed by atoms with Crippen LogP contribution in [0.1, 0.15) is 12.8 Å². The van der Waals surface area contributed by atoms with Crippen molar-refractivity contribution in [2.75, 3.05) is 6.54 Å². The molecule has 2 aromatic heterocycles. The molecular weight excluding hydrogens is 400 g/mol. The summed E-state index contributed by atoms with van der Waals surface area (Å²) >= 11 is 0. The second kappa shape index (κ2) is 8.67. The Morgan fingerprint density at radius 3 is 2.66 bits per heavy atom. The smallest absolute Gasteiger partial charge is 0.246 e. The topological polar surface area (TPSA) is 60.2 Å². The highest BCUT2D eigenvalue weighted by Gasteiger charge is 2.28. The minimum Gasteiger partial charge on any atom is -0.457 e. The highest BCUT2D eigenvalue weighted by Crippen LogP contribution is 2.31. The van der Waals surface area contributed by atoms with Crippen molar-refractivity contribution in [1.82, 2.24) is 19.7 Å². The molecule has 0 saturated carbocycles. The second-order valence-corrected chi connectivity index (χ2v) is 7.89. The summed E-state index contributed by atoms with van der Waals surface area (Å²) in [5, 5.41) is 5.92. The summed E-state index contributed by atoms with van der Waals surface area (Å²) in [7, 11) is 0. The lowest BCUT2D eigenvalue weighted by Crippen LogP contribution is -2.37. The van der Waals surface area contributed by atoms with Crippen molar-refractivity contribution < 1.29 is 9.53 Å². The van der Waals surface area contributed by atoms with E-state index in [1.54, 1.807) is 6.20 Å². The average molecular weight is 425 g/mol. The zero-order chi connectivity index (χ0) is 21.9. The Morgan fingerprint density at radius 1 is 1.09 bits per heavy atom. The van der Waals surface area contributed by atoms with Gasteiger partial charge in [-0.2, -0.15) is 5.10 Å². The normalized spacial score (nSPS) is 15.8. The van der Waals surface area contributed by atoms with E-state index in [9.17, 15) is 4.79 Å². The number of pyridine rings is 1. The first kappa shape index (κ1) is 20.0. The van der Waals surface area contributed by atoms with Gasteiger partial charge in [-0.3, -0.25) is 14.5 Å². The predicted octanol–water partition coefficient (Wildman–Crippen LogP) is 5.07. The van der Waals surface area contributed by atoms with Crippen molar-refractivity contribution >= 4 is 16.8 Å². The van der Waals surface area contributed by atoms with Crippen LogP contribution in [0.15, 0.2) is 85.7 Å². The molecule has 4 aromatic rings. The van der Waals surface area contributed by atoms with Gasteiger partial charge in [0.05, 0.1) is 18.1 Å². The molecule has 0 N–H and O–H groups in total. The Balaban J connectivity index is 1.44. The summed E-state index contributed by atoms with van der Waals surface area (Å²) in [6.07, 6.45) is 6.99. The minimum absolute atomic E-state index is 0.0140. The maximum atomic E-state index is 12.2. The molecule has 6 nitrogen and oxygen atoms in total. The molecular formula is C26H24N4O2. The molecule has 1 amide bonds. The Labute approximate surface area is 186 Å². The van der Waals surface area contributed by atoms with E-state index in [2.05, 4.69) is 11.6 Å². The molecule has 1 atom stereocenters. The molecule has 1 aliphatic heterocycles. The van der Waals surface area contributed by atoms with Crippen LogP contribution in [0, 0.1) is 0 Å². The molecule has 160 valence electrons. The largest absolute Gasteiger partial charge is 0.457 e.